The predicted octanol–water partition coefficient (Wildman–Crippen LogP) is 2.61. The molecule has 2 rings (SSSR count). The Bertz CT molecular complexity index is 553. The van der Waals surface area contributed by atoms with Gasteiger partial charge < -0.3 is 4.52 Å². The molecule has 2 aromatic rings. The molecule has 1 heterocycles. The lowest BCUT2D eigenvalue weighted by atomic mass is 10.2. The first kappa shape index (κ1) is 10.6. The van der Waals surface area contributed by atoms with Gasteiger partial charge in [0.05, 0.1) is 9.95 Å². The average Bonchev–Trinajstić information content (AvgIpc) is 2.65. The molecule has 0 radical (unpaired) electrons. The summed E-state index contributed by atoms with van der Waals surface area (Å²) in [6, 6.07) is 4.06. The molecular weight excluding hydrogens is 234 g/mol. The van der Waals surface area contributed by atoms with Gasteiger partial charge in [-0.3, -0.25) is 10.1 Å². The fourth-order valence-electron chi connectivity index (χ4n) is 1.21. The van der Waals surface area contributed by atoms with Crippen LogP contribution in [-0.2, 0) is 0 Å². The second-order valence-electron chi connectivity index (χ2n) is 3.06. The van der Waals surface area contributed by atoms with Gasteiger partial charge in [0, 0.05) is 24.6 Å². The maximum absolute atomic E-state index is 10.6. The zero-order valence-corrected chi connectivity index (χ0v) is 8.93. The molecule has 0 amide bonds. The molecule has 0 aliphatic carbocycles. The van der Waals surface area contributed by atoms with Crippen LogP contribution in [0, 0.1) is 17.0 Å². The van der Waals surface area contributed by atoms with Gasteiger partial charge in [-0.05, 0) is 6.07 Å². The lowest BCUT2D eigenvalue weighted by molar-refractivity contribution is -0.384. The summed E-state index contributed by atoms with van der Waals surface area (Å²) in [5, 5.41) is 14.6. The van der Waals surface area contributed by atoms with Crippen LogP contribution in [0.3, 0.4) is 0 Å². The molecular formula is C9H6ClN3O3. The van der Waals surface area contributed by atoms with Crippen molar-refractivity contribution in [1.29, 1.82) is 0 Å². The number of aryl methyl sites for hydroxylation is 1. The molecule has 0 spiro atoms. The van der Waals surface area contributed by atoms with Gasteiger partial charge in [-0.25, -0.2) is 0 Å². The van der Waals surface area contributed by atoms with E-state index >= 15 is 0 Å². The van der Waals surface area contributed by atoms with Gasteiger partial charge in [0.1, 0.15) is 0 Å². The molecule has 1 aromatic heterocycles. The summed E-state index contributed by atoms with van der Waals surface area (Å²) < 4.78 is 4.78. The fraction of sp³-hybridized carbons (Fsp3) is 0.111. The molecule has 0 N–H and O–H groups in total. The number of hydrogen-bond donors (Lipinski definition) is 0. The van der Waals surface area contributed by atoms with Gasteiger partial charge in [0.15, 0.2) is 0 Å². The molecule has 0 atom stereocenters. The third kappa shape index (κ3) is 1.87. The van der Waals surface area contributed by atoms with E-state index in [0.29, 0.717) is 16.5 Å². The van der Waals surface area contributed by atoms with Crippen LogP contribution in [0.1, 0.15) is 5.89 Å². The Morgan fingerprint density at radius 3 is 2.81 bits per heavy atom. The smallest absolute Gasteiger partial charge is 0.270 e. The Hall–Kier alpha value is -1.95. The summed E-state index contributed by atoms with van der Waals surface area (Å²) >= 11 is 5.90. The summed E-state index contributed by atoms with van der Waals surface area (Å²) in [6.45, 7) is 1.63. The second-order valence-corrected chi connectivity index (χ2v) is 3.47. The third-order valence-corrected chi connectivity index (χ3v) is 2.26. The molecule has 0 saturated heterocycles. The van der Waals surface area contributed by atoms with E-state index in [0.717, 1.165) is 0 Å². The Morgan fingerprint density at radius 2 is 2.25 bits per heavy atom. The lowest BCUT2D eigenvalue weighted by Crippen LogP contribution is -1.90. The number of nitrogens with zero attached hydrogens (tertiary/aromatic N) is 3. The van der Waals surface area contributed by atoms with Gasteiger partial charge >= 0.3 is 0 Å². The molecule has 0 unspecified atom stereocenters. The topological polar surface area (TPSA) is 82.1 Å². The summed E-state index contributed by atoms with van der Waals surface area (Å²) in [7, 11) is 0. The summed E-state index contributed by atoms with van der Waals surface area (Å²) in [4.78, 5) is 14.0. The van der Waals surface area contributed by atoms with E-state index in [9.17, 15) is 10.1 Å². The molecule has 0 bridgehead atoms. The largest absolute Gasteiger partial charge is 0.339 e. The van der Waals surface area contributed by atoms with Crippen molar-refractivity contribution in [2.24, 2.45) is 0 Å². The van der Waals surface area contributed by atoms with Gasteiger partial charge in [0.2, 0.25) is 11.7 Å². The van der Waals surface area contributed by atoms with Crippen LogP contribution < -0.4 is 0 Å². The number of hydrogen-bond acceptors (Lipinski definition) is 5. The number of benzene rings is 1. The van der Waals surface area contributed by atoms with Crippen LogP contribution in [0.4, 0.5) is 5.69 Å². The standard InChI is InChI=1S/C9H6ClN3O3/c1-5-11-9(12-16-5)7-4-6(13(14)15)2-3-8(7)10/h2-4H,1H3. The third-order valence-electron chi connectivity index (χ3n) is 1.93. The van der Waals surface area contributed by atoms with Gasteiger partial charge in [-0.15, -0.1) is 0 Å². The van der Waals surface area contributed by atoms with Crippen molar-refractivity contribution >= 4 is 17.3 Å². The Morgan fingerprint density at radius 1 is 1.50 bits per heavy atom. The number of aromatic nitrogens is 2. The van der Waals surface area contributed by atoms with E-state index in [-0.39, 0.29) is 11.5 Å². The first-order valence-corrected chi connectivity index (χ1v) is 4.70. The molecule has 1 aromatic carbocycles. The predicted molar refractivity (Wildman–Crippen MR) is 56.1 cm³/mol. The first-order valence-electron chi connectivity index (χ1n) is 4.32. The van der Waals surface area contributed by atoms with Crippen molar-refractivity contribution < 1.29 is 9.45 Å². The van der Waals surface area contributed by atoms with Crippen LogP contribution in [0.2, 0.25) is 5.02 Å². The van der Waals surface area contributed by atoms with Gasteiger partial charge in [-0.2, -0.15) is 4.98 Å². The maximum atomic E-state index is 10.6. The molecule has 0 aliphatic heterocycles. The Balaban J connectivity index is 2.55. The zero-order chi connectivity index (χ0) is 11.7. The van der Waals surface area contributed by atoms with Crippen molar-refractivity contribution in [1.82, 2.24) is 10.1 Å². The highest BCUT2D eigenvalue weighted by Crippen LogP contribution is 2.29. The normalized spacial score (nSPS) is 10.4. The van der Waals surface area contributed by atoms with E-state index in [1.54, 1.807) is 6.92 Å². The Kier molecular flexibility index (Phi) is 2.57. The molecule has 82 valence electrons. The minimum absolute atomic E-state index is 0.0677. The second kappa shape index (κ2) is 3.90. The quantitative estimate of drug-likeness (QED) is 0.594. The number of nitro groups is 1. The molecule has 7 heteroatoms. The Labute approximate surface area is 95.0 Å². The minimum atomic E-state index is -0.507. The van der Waals surface area contributed by atoms with Crippen molar-refractivity contribution in [2.75, 3.05) is 0 Å². The maximum Gasteiger partial charge on any atom is 0.270 e. The molecule has 16 heavy (non-hydrogen) atoms. The lowest BCUT2D eigenvalue weighted by Gasteiger charge is -1.98. The van der Waals surface area contributed by atoms with E-state index in [1.807, 2.05) is 0 Å². The zero-order valence-electron chi connectivity index (χ0n) is 8.18. The van der Waals surface area contributed by atoms with Crippen molar-refractivity contribution in [3.05, 3.63) is 39.2 Å². The van der Waals surface area contributed by atoms with Gasteiger partial charge in [-0.1, -0.05) is 16.8 Å². The number of halogens is 1. The van der Waals surface area contributed by atoms with Crippen LogP contribution in [0.15, 0.2) is 22.7 Å². The number of rotatable bonds is 2. The van der Waals surface area contributed by atoms with Crippen molar-refractivity contribution in [3.63, 3.8) is 0 Å². The van der Waals surface area contributed by atoms with E-state index in [4.69, 9.17) is 16.1 Å². The van der Waals surface area contributed by atoms with E-state index in [2.05, 4.69) is 10.1 Å². The highest BCUT2D eigenvalue weighted by molar-refractivity contribution is 6.33. The average molecular weight is 240 g/mol. The first-order chi connectivity index (χ1) is 7.58. The fourth-order valence-corrected chi connectivity index (χ4v) is 1.41. The summed E-state index contributed by atoms with van der Waals surface area (Å²) in [6.07, 6.45) is 0. The monoisotopic (exact) mass is 239 g/mol. The summed E-state index contributed by atoms with van der Waals surface area (Å²) in [5.74, 6) is 0.615. The van der Waals surface area contributed by atoms with Crippen LogP contribution in [-0.4, -0.2) is 15.1 Å². The number of non-ortho nitro benzene ring substituents is 1. The SMILES string of the molecule is Cc1nc(-c2cc([N+](=O)[O-])ccc2Cl)no1. The van der Waals surface area contributed by atoms with E-state index < -0.39 is 4.92 Å². The molecule has 6 nitrogen and oxygen atoms in total. The molecule has 0 fully saturated rings. The van der Waals surface area contributed by atoms with Crippen LogP contribution in [0.25, 0.3) is 11.4 Å². The van der Waals surface area contributed by atoms with Crippen LogP contribution >= 0.6 is 11.6 Å². The highest BCUT2D eigenvalue weighted by Gasteiger charge is 2.15. The van der Waals surface area contributed by atoms with Gasteiger partial charge in [0.25, 0.3) is 5.69 Å². The van der Waals surface area contributed by atoms with Crippen LogP contribution in [0.5, 0.6) is 0 Å². The summed E-state index contributed by atoms with van der Waals surface area (Å²) in [5.41, 5.74) is 0.314. The highest BCUT2D eigenvalue weighted by atomic mass is 35.5. The van der Waals surface area contributed by atoms with Crippen molar-refractivity contribution in [2.45, 2.75) is 6.92 Å². The van der Waals surface area contributed by atoms with E-state index in [1.165, 1.54) is 18.2 Å². The molecule has 0 saturated carbocycles. The molecule has 0 aliphatic rings. The number of nitro benzene ring substituents is 1. The van der Waals surface area contributed by atoms with Crippen molar-refractivity contribution in [3.8, 4) is 11.4 Å². The minimum Gasteiger partial charge on any atom is -0.339 e.